The number of halogens is 8. The summed E-state index contributed by atoms with van der Waals surface area (Å²) in [7, 11) is -1.51. The molecular weight excluding hydrogens is 1510 g/mol. The van der Waals surface area contributed by atoms with E-state index < -0.39 is 51.6 Å². The lowest BCUT2D eigenvalue weighted by molar-refractivity contribution is 0.00578. The number of alkyl halides is 6. The van der Waals surface area contributed by atoms with Crippen LogP contribution in [0.25, 0.3) is 34.2 Å². The molecule has 0 aliphatic carbocycles. The lowest BCUT2D eigenvalue weighted by atomic mass is 9.49. The topological polar surface area (TPSA) is 258 Å². The van der Waals surface area contributed by atoms with Gasteiger partial charge in [0, 0.05) is 76.0 Å². The molecule has 4 bridgehead atoms. The van der Waals surface area contributed by atoms with Crippen LogP contribution in [0, 0.1) is 0 Å². The highest BCUT2D eigenvalue weighted by molar-refractivity contribution is 9.10. The summed E-state index contributed by atoms with van der Waals surface area (Å²) in [5.74, 6) is 1.52. The second-order valence-electron chi connectivity index (χ2n) is 28.0. The summed E-state index contributed by atoms with van der Waals surface area (Å²) in [6.45, 7) is 27.0. The van der Waals surface area contributed by atoms with Crippen molar-refractivity contribution < 1.29 is 73.3 Å². The van der Waals surface area contributed by atoms with E-state index in [0.717, 1.165) is 29.4 Å². The fourth-order valence-corrected chi connectivity index (χ4v) is 11.4. The van der Waals surface area contributed by atoms with E-state index >= 15 is 0 Å². The second-order valence-corrected chi connectivity index (χ2v) is 29.9. The zero-order valence-electron chi connectivity index (χ0n) is 60.4. The molecule has 0 spiro atoms. The molecule has 106 heavy (non-hydrogen) atoms. The van der Waals surface area contributed by atoms with Crippen LogP contribution in [0.2, 0.25) is 0 Å². The number of amides is 2. The SMILES string of the molecule is CC1(C)OB(B2OC(C)(C)C(C)(C)O2)OC1(C)C.CC1(C)OB(c2ccc(C(F)F)nc2)OC1(C)C.FC(F)c1ccc(Br)cn1.O=C1Nc2cccc(n2)-c2nncn2CCCOCc2ccc(-c3ccc(C(F)F)nc3)cc21.O=C1Nc2cccc(n2)-c2nncn2CCCOCc2ccc(Br)cc21. The summed E-state index contributed by atoms with van der Waals surface area (Å²) >= 11 is 6.51. The fraction of sp³-hybridized carbons (Fsp3) is 0.403. The summed E-state index contributed by atoms with van der Waals surface area (Å²) in [5, 5.41) is 22.0. The normalized spacial score (nSPS) is 18.2. The van der Waals surface area contributed by atoms with Crippen molar-refractivity contribution in [3.05, 3.63) is 189 Å². The van der Waals surface area contributed by atoms with E-state index in [4.69, 9.17) is 37.4 Å². The summed E-state index contributed by atoms with van der Waals surface area (Å²) in [5.41, 5.74) is 2.66. The number of aryl methyl sites for hydroxylation is 2. The molecule has 14 rings (SSSR count). The summed E-state index contributed by atoms with van der Waals surface area (Å²) in [6, 6.07) is 30.2. The van der Waals surface area contributed by atoms with Crippen LogP contribution in [-0.2, 0) is 63.7 Å². The smallest absolute Gasteiger partial charge is 0.405 e. The quantitative estimate of drug-likeness (QED) is 0.116. The van der Waals surface area contributed by atoms with E-state index in [1.807, 2.05) is 123 Å². The van der Waals surface area contributed by atoms with Gasteiger partial charge in [-0.25, -0.2) is 36.3 Å². The Hall–Kier alpha value is -8.18. The molecule has 2 amide bonds. The second kappa shape index (κ2) is 34.0. The minimum atomic E-state index is -2.64. The molecule has 12 heterocycles. The molecule has 2 aromatic carbocycles. The van der Waals surface area contributed by atoms with Crippen LogP contribution in [0.3, 0.4) is 0 Å². The number of hydrogen-bond donors (Lipinski definition) is 2. The number of rotatable bonds is 6. The molecule has 3 fully saturated rings. The van der Waals surface area contributed by atoms with Crippen molar-refractivity contribution in [3.8, 4) is 34.2 Å². The number of ether oxygens (including phenoxy) is 2. The molecule has 0 atom stereocenters. The molecule has 558 valence electrons. The monoisotopic (exact) mass is 1590 g/mol. The lowest BCUT2D eigenvalue weighted by Gasteiger charge is -2.32. The predicted octanol–water partition coefficient (Wildman–Crippen LogP) is 15.1. The third kappa shape index (κ3) is 19.8. The minimum absolute atomic E-state index is 0.191. The maximum Gasteiger partial charge on any atom is 0.496 e. The molecule has 7 aromatic heterocycles. The number of carbonyl (C=O) groups is 2. The van der Waals surface area contributed by atoms with Crippen molar-refractivity contribution in [1.29, 1.82) is 0 Å². The van der Waals surface area contributed by atoms with Gasteiger partial charge in [-0.05, 0) is 195 Å². The summed E-state index contributed by atoms with van der Waals surface area (Å²) in [6.07, 6.45) is 1.29. The summed E-state index contributed by atoms with van der Waals surface area (Å²) in [4.78, 5) is 46.1. The number of carbonyl (C=O) groups excluding carboxylic acids is 2. The standard InChI is InChI=1S/C24H20F2N6O2.C18H16BrN5O2.C12H24B2O4.C12H16BF2NO2.C6H4BrF2N/c25-22(26)19-8-7-16(12-27-19)15-5-6-17-13-34-10-2-9-32-14-28-31-23(32)20-3-1-4-21(29-20)30-24(33)18(17)11-15;19-13-6-5-12-10-26-8-2-7-24-11-20-23-17(24)15-3-1-4-16(21-15)22-18(25)14(12)9-13;1-9(2)10(3,4)16-13(15-9)14-17-11(5,6)12(7,8)18-14;1-11(2)12(3,4)18-13(17-11)8-5-6-9(10(14)15)16-7-8;7-4-1-2-5(6(8)9)10-3-4/h1,3-8,11-12,14,22H,2,9-10,13H2,(H,29,30,33);1,3-6,9,11H,2,7-8,10H2,(H,21,22,25);1-8H3;5-7,10H,1-4H3;1-3,6H. The van der Waals surface area contributed by atoms with E-state index in [0.29, 0.717) is 98.8 Å². The van der Waals surface area contributed by atoms with Gasteiger partial charge in [-0.3, -0.25) is 24.5 Å². The van der Waals surface area contributed by atoms with E-state index in [1.54, 1.807) is 67.3 Å². The first-order chi connectivity index (χ1) is 50.1. The number of benzene rings is 2. The third-order valence-electron chi connectivity index (χ3n) is 18.9. The van der Waals surface area contributed by atoms with Gasteiger partial charge in [0.05, 0.1) is 46.8 Å². The van der Waals surface area contributed by atoms with E-state index in [-0.39, 0.29) is 57.9 Å². The Morgan fingerprint density at radius 2 is 0.868 bits per heavy atom. The van der Waals surface area contributed by atoms with Gasteiger partial charge in [-0.15, -0.1) is 20.4 Å². The highest BCUT2D eigenvalue weighted by Crippen LogP contribution is 2.43. The molecule has 3 saturated heterocycles. The Bertz CT molecular complexity index is 4410. The largest absolute Gasteiger partial charge is 0.496 e. The van der Waals surface area contributed by atoms with E-state index in [2.05, 4.69) is 87.8 Å². The Kier molecular flexibility index (Phi) is 25.7. The summed E-state index contributed by atoms with van der Waals surface area (Å²) < 4.78 is 127. The number of hydrogen-bond acceptors (Lipinski definition) is 19. The first-order valence-corrected chi connectivity index (χ1v) is 35.5. The lowest BCUT2D eigenvalue weighted by Crippen LogP contribution is -2.41. The van der Waals surface area contributed by atoms with Crippen LogP contribution in [-0.4, -0.2) is 134 Å². The highest BCUT2D eigenvalue weighted by atomic mass is 79.9. The van der Waals surface area contributed by atoms with Crippen molar-refractivity contribution >= 4 is 81.9 Å². The Labute approximate surface area is 628 Å². The molecule has 0 unspecified atom stereocenters. The predicted molar refractivity (Wildman–Crippen MR) is 394 cm³/mol. The first-order valence-electron chi connectivity index (χ1n) is 33.9. The van der Waals surface area contributed by atoms with Gasteiger partial charge in [0.25, 0.3) is 31.1 Å². The maximum atomic E-state index is 13.2. The van der Waals surface area contributed by atoms with Gasteiger partial charge in [-0.2, -0.15) is 0 Å². The van der Waals surface area contributed by atoms with Crippen molar-refractivity contribution in [2.24, 2.45) is 0 Å². The number of nitrogens with zero attached hydrogens (tertiary/aromatic N) is 11. The number of fused-ring (bicyclic) bond motifs is 10. The number of anilines is 2. The average molecular weight is 1590 g/mol. The number of aromatic nitrogens is 11. The van der Waals surface area contributed by atoms with Crippen LogP contribution < -0.4 is 16.1 Å². The van der Waals surface area contributed by atoms with Gasteiger partial charge in [-0.1, -0.05) is 58.4 Å². The zero-order valence-corrected chi connectivity index (χ0v) is 63.6. The molecule has 23 nitrogen and oxygen atoms in total. The van der Waals surface area contributed by atoms with Crippen molar-refractivity contribution in [3.63, 3.8) is 0 Å². The molecule has 34 heteroatoms. The van der Waals surface area contributed by atoms with Crippen LogP contribution in [0.15, 0.2) is 149 Å². The first kappa shape index (κ1) is 80.4. The van der Waals surface area contributed by atoms with Gasteiger partial charge in [0.1, 0.15) is 52.8 Å². The third-order valence-corrected chi connectivity index (χ3v) is 19.8. The fourth-order valence-electron chi connectivity index (χ4n) is 10.8. The zero-order chi connectivity index (χ0) is 76.5. The number of pyridine rings is 5. The molecule has 0 radical (unpaired) electrons. The van der Waals surface area contributed by atoms with Gasteiger partial charge >= 0.3 is 21.1 Å². The highest BCUT2D eigenvalue weighted by Gasteiger charge is 2.64. The molecule has 9 aromatic rings. The average Bonchev–Trinajstić information content (AvgIpc) is 1.61. The number of nitrogens with one attached hydrogen (secondary N) is 2. The maximum absolute atomic E-state index is 13.2. The van der Waals surface area contributed by atoms with Crippen LogP contribution in [0.5, 0.6) is 0 Å². The minimum Gasteiger partial charge on any atom is -0.405 e. The molecule has 0 saturated carbocycles. The van der Waals surface area contributed by atoms with E-state index in [1.165, 1.54) is 42.9 Å². The van der Waals surface area contributed by atoms with Crippen LogP contribution in [0.1, 0.15) is 164 Å². The molecule has 5 aliphatic rings. The van der Waals surface area contributed by atoms with E-state index in [9.17, 15) is 35.9 Å². The Balaban J connectivity index is 0.000000149. The van der Waals surface area contributed by atoms with Crippen LogP contribution >= 0.6 is 31.9 Å². The molecular formula is C72H80B3Br2F6N13O10. The van der Waals surface area contributed by atoms with Crippen molar-refractivity contribution in [1.82, 2.24) is 54.4 Å². The van der Waals surface area contributed by atoms with Gasteiger partial charge < -0.3 is 57.2 Å². The van der Waals surface area contributed by atoms with Crippen molar-refractivity contribution in [2.75, 3.05) is 23.8 Å². The van der Waals surface area contributed by atoms with Crippen molar-refractivity contribution in [2.45, 2.75) is 175 Å². The van der Waals surface area contributed by atoms with Gasteiger partial charge in [0.2, 0.25) is 0 Å². The molecule has 5 aliphatic heterocycles. The Morgan fingerprint density at radius 1 is 0.462 bits per heavy atom. The molecule has 2 N–H and O–H groups in total. The van der Waals surface area contributed by atoms with Gasteiger partial charge in [0.15, 0.2) is 11.6 Å². The Morgan fingerprint density at radius 3 is 1.29 bits per heavy atom. The van der Waals surface area contributed by atoms with Crippen LogP contribution in [0.4, 0.5) is 38.0 Å².